The number of anilines is 2. The van der Waals surface area contributed by atoms with E-state index in [1.54, 1.807) is 0 Å². The van der Waals surface area contributed by atoms with Gasteiger partial charge in [0.15, 0.2) is 5.82 Å². The van der Waals surface area contributed by atoms with Crippen molar-refractivity contribution in [1.82, 2.24) is 9.97 Å². The zero-order chi connectivity index (χ0) is 7.68. The summed E-state index contributed by atoms with van der Waals surface area (Å²) in [5.41, 5.74) is 1.00. The van der Waals surface area contributed by atoms with E-state index in [9.17, 15) is 0 Å². The fourth-order valence-corrected chi connectivity index (χ4v) is 1.11. The van der Waals surface area contributed by atoms with Gasteiger partial charge >= 0.3 is 0 Å². The Morgan fingerprint density at radius 1 is 1.23 bits per heavy atom. The lowest BCUT2D eigenvalue weighted by Gasteiger charge is -2.17. The molecule has 0 saturated heterocycles. The average Bonchev–Trinajstić information content (AvgIpc) is 2.04. The number of aryl methyl sites for hydroxylation is 1. The minimum Gasteiger partial charge on any atom is -0.379 e. The second-order valence-corrected chi connectivity index (χ2v) is 2.53. The number of nitrogens with zero attached hydrogens (tertiary/aromatic N) is 2. The first kappa shape index (κ1) is 12.3. The van der Waals surface area contributed by atoms with Crippen LogP contribution in [0.4, 0.5) is 11.5 Å². The number of hydrogen-bond donors (Lipinski definition) is 2. The second-order valence-electron chi connectivity index (χ2n) is 2.53. The molecule has 1 aromatic heterocycles. The second kappa shape index (κ2) is 5.09. The van der Waals surface area contributed by atoms with Gasteiger partial charge in [0.25, 0.3) is 0 Å². The Bertz CT molecular complexity index is 279. The molecule has 0 saturated carbocycles. The SMILES string of the molecule is Cc1ncc2c(n1)NCCN2.Cl.Cl. The molecule has 13 heavy (non-hydrogen) atoms. The molecule has 2 rings (SSSR count). The molecular weight excluding hydrogens is 211 g/mol. The Balaban J connectivity index is 0.000000720. The maximum Gasteiger partial charge on any atom is 0.153 e. The summed E-state index contributed by atoms with van der Waals surface area (Å²) in [6, 6.07) is 0. The molecule has 0 aliphatic carbocycles. The zero-order valence-corrected chi connectivity index (χ0v) is 8.84. The fourth-order valence-electron chi connectivity index (χ4n) is 1.11. The molecule has 0 bridgehead atoms. The first-order valence-corrected chi connectivity index (χ1v) is 3.67. The number of aromatic nitrogens is 2. The molecule has 0 fully saturated rings. The van der Waals surface area contributed by atoms with Gasteiger partial charge in [-0.05, 0) is 6.92 Å². The predicted octanol–water partition coefficient (Wildman–Crippen LogP) is 1.47. The normalized spacial score (nSPS) is 12.4. The Kier molecular flexibility index (Phi) is 4.80. The standard InChI is InChI=1S/C7H10N4.2ClH/c1-5-10-4-6-7(11-5)9-3-2-8-6;;/h4,8H,2-3H2,1H3,(H,9,10,11);2*1H. The molecule has 0 unspecified atom stereocenters. The first-order chi connectivity index (χ1) is 5.36. The fraction of sp³-hybridized carbons (Fsp3) is 0.429. The van der Waals surface area contributed by atoms with E-state index >= 15 is 0 Å². The molecule has 1 aliphatic rings. The molecule has 0 spiro atoms. The molecule has 0 amide bonds. The van der Waals surface area contributed by atoms with Crippen LogP contribution in [-0.2, 0) is 0 Å². The number of hydrogen-bond acceptors (Lipinski definition) is 4. The summed E-state index contributed by atoms with van der Waals surface area (Å²) < 4.78 is 0. The minimum absolute atomic E-state index is 0. The molecule has 2 N–H and O–H groups in total. The van der Waals surface area contributed by atoms with Crippen molar-refractivity contribution in [2.24, 2.45) is 0 Å². The molecule has 74 valence electrons. The van der Waals surface area contributed by atoms with E-state index in [1.165, 1.54) is 0 Å². The van der Waals surface area contributed by atoms with Crippen LogP contribution in [0.25, 0.3) is 0 Å². The molecule has 0 aromatic carbocycles. The summed E-state index contributed by atoms with van der Waals surface area (Å²) >= 11 is 0. The lowest BCUT2D eigenvalue weighted by molar-refractivity contribution is 0.970. The number of halogens is 2. The smallest absolute Gasteiger partial charge is 0.153 e. The van der Waals surface area contributed by atoms with Crippen LogP contribution in [0.1, 0.15) is 5.82 Å². The largest absolute Gasteiger partial charge is 0.379 e. The van der Waals surface area contributed by atoms with Crippen molar-refractivity contribution in [2.45, 2.75) is 6.92 Å². The van der Waals surface area contributed by atoms with Crippen molar-refractivity contribution in [3.05, 3.63) is 12.0 Å². The van der Waals surface area contributed by atoms with Gasteiger partial charge in [0.1, 0.15) is 5.82 Å². The molecule has 2 heterocycles. The van der Waals surface area contributed by atoms with Crippen molar-refractivity contribution >= 4 is 36.3 Å². The molecule has 0 radical (unpaired) electrons. The monoisotopic (exact) mass is 222 g/mol. The lowest BCUT2D eigenvalue weighted by atomic mass is 10.3. The Hall–Kier alpha value is -0.740. The van der Waals surface area contributed by atoms with Crippen LogP contribution in [-0.4, -0.2) is 23.1 Å². The summed E-state index contributed by atoms with van der Waals surface area (Å²) in [5.74, 6) is 1.73. The van der Waals surface area contributed by atoms with Crippen LogP contribution in [0.15, 0.2) is 6.20 Å². The van der Waals surface area contributed by atoms with Gasteiger partial charge in [-0.3, -0.25) is 0 Å². The van der Waals surface area contributed by atoms with E-state index in [0.29, 0.717) is 0 Å². The van der Waals surface area contributed by atoms with E-state index in [2.05, 4.69) is 20.6 Å². The summed E-state index contributed by atoms with van der Waals surface area (Å²) in [5, 5.41) is 6.39. The van der Waals surface area contributed by atoms with Gasteiger partial charge in [0.2, 0.25) is 0 Å². The number of rotatable bonds is 0. The first-order valence-electron chi connectivity index (χ1n) is 3.67. The Morgan fingerprint density at radius 3 is 2.69 bits per heavy atom. The van der Waals surface area contributed by atoms with Crippen LogP contribution >= 0.6 is 24.8 Å². The van der Waals surface area contributed by atoms with Crippen LogP contribution in [0, 0.1) is 6.92 Å². The van der Waals surface area contributed by atoms with Crippen molar-refractivity contribution in [3.63, 3.8) is 0 Å². The summed E-state index contributed by atoms with van der Waals surface area (Å²) in [6.07, 6.45) is 1.81. The third-order valence-electron chi connectivity index (χ3n) is 1.64. The third kappa shape index (κ3) is 2.60. The average molecular weight is 223 g/mol. The van der Waals surface area contributed by atoms with E-state index in [4.69, 9.17) is 0 Å². The van der Waals surface area contributed by atoms with Gasteiger partial charge in [0.05, 0.1) is 11.9 Å². The molecule has 0 atom stereocenters. The molecular formula is C7H12Cl2N4. The van der Waals surface area contributed by atoms with Gasteiger partial charge < -0.3 is 10.6 Å². The van der Waals surface area contributed by atoms with Gasteiger partial charge in [-0.15, -0.1) is 24.8 Å². The van der Waals surface area contributed by atoms with Crippen LogP contribution < -0.4 is 10.6 Å². The highest BCUT2D eigenvalue weighted by Crippen LogP contribution is 2.19. The number of nitrogens with one attached hydrogen (secondary N) is 2. The zero-order valence-electron chi connectivity index (χ0n) is 7.20. The minimum atomic E-state index is 0. The van der Waals surface area contributed by atoms with Crippen molar-refractivity contribution in [3.8, 4) is 0 Å². The van der Waals surface area contributed by atoms with Crippen molar-refractivity contribution < 1.29 is 0 Å². The van der Waals surface area contributed by atoms with Crippen LogP contribution in [0.3, 0.4) is 0 Å². The van der Waals surface area contributed by atoms with Crippen molar-refractivity contribution in [1.29, 1.82) is 0 Å². The molecule has 4 nitrogen and oxygen atoms in total. The van der Waals surface area contributed by atoms with Gasteiger partial charge in [0, 0.05) is 13.1 Å². The lowest BCUT2D eigenvalue weighted by Crippen LogP contribution is -2.21. The molecule has 1 aromatic rings. The van der Waals surface area contributed by atoms with E-state index in [1.807, 2.05) is 13.1 Å². The molecule has 1 aliphatic heterocycles. The third-order valence-corrected chi connectivity index (χ3v) is 1.64. The topological polar surface area (TPSA) is 49.8 Å². The van der Waals surface area contributed by atoms with Gasteiger partial charge in [-0.2, -0.15) is 0 Å². The van der Waals surface area contributed by atoms with Crippen molar-refractivity contribution in [2.75, 3.05) is 23.7 Å². The van der Waals surface area contributed by atoms with Crippen LogP contribution in [0.5, 0.6) is 0 Å². The summed E-state index contributed by atoms with van der Waals surface area (Å²) in [7, 11) is 0. The number of fused-ring (bicyclic) bond motifs is 1. The summed E-state index contributed by atoms with van der Waals surface area (Å²) in [4.78, 5) is 8.31. The van der Waals surface area contributed by atoms with Crippen LogP contribution in [0.2, 0.25) is 0 Å². The quantitative estimate of drug-likeness (QED) is 0.699. The Morgan fingerprint density at radius 2 is 1.92 bits per heavy atom. The van der Waals surface area contributed by atoms with Gasteiger partial charge in [-0.25, -0.2) is 9.97 Å². The highest BCUT2D eigenvalue weighted by atomic mass is 35.5. The predicted molar refractivity (Wildman–Crippen MR) is 58.2 cm³/mol. The van der Waals surface area contributed by atoms with E-state index < -0.39 is 0 Å². The highest BCUT2D eigenvalue weighted by molar-refractivity contribution is 5.85. The maximum absolute atomic E-state index is 4.23. The molecule has 6 heteroatoms. The highest BCUT2D eigenvalue weighted by Gasteiger charge is 2.08. The van der Waals surface area contributed by atoms with E-state index in [0.717, 1.165) is 30.4 Å². The summed E-state index contributed by atoms with van der Waals surface area (Å²) in [6.45, 7) is 3.76. The maximum atomic E-state index is 4.23. The van der Waals surface area contributed by atoms with E-state index in [-0.39, 0.29) is 24.8 Å². The van der Waals surface area contributed by atoms with Gasteiger partial charge in [-0.1, -0.05) is 0 Å². The Labute approximate surface area is 89.4 Å².